The van der Waals surface area contributed by atoms with Gasteiger partial charge in [0.15, 0.2) is 5.13 Å². The van der Waals surface area contributed by atoms with Crippen molar-refractivity contribution in [3.05, 3.63) is 11.1 Å². The van der Waals surface area contributed by atoms with Crippen molar-refractivity contribution in [3.63, 3.8) is 0 Å². The third kappa shape index (κ3) is 3.67. The molecular formula is C9H12N2O3S. The van der Waals surface area contributed by atoms with Crippen molar-refractivity contribution in [2.75, 3.05) is 5.32 Å². The third-order valence-electron chi connectivity index (χ3n) is 1.56. The highest BCUT2D eigenvalue weighted by Crippen LogP contribution is 2.18. The molecule has 6 heteroatoms. The van der Waals surface area contributed by atoms with Gasteiger partial charge in [-0.3, -0.25) is 4.79 Å². The number of carbonyl (C=O) groups excluding carboxylic acids is 1. The molecule has 0 fully saturated rings. The smallest absolute Gasteiger partial charge is 0.347 e. The largest absolute Gasteiger partial charge is 0.477 e. The quantitative estimate of drug-likeness (QED) is 0.823. The monoisotopic (exact) mass is 228 g/mol. The first-order chi connectivity index (χ1) is 6.99. The lowest BCUT2D eigenvalue weighted by atomic mass is 10.1. The highest BCUT2D eigenvalue weighted by atomic mass is 32.1. The molecule has 0 aliphatic heterocycles. The van der Waals surface area contributed by atoms with Gasteiger partial charge in [-0.25, -0.2) is 9.78 Å². The fourth-order valence-corrected chi connectivity index (χ4v) is 1.64. The maximum Gasteiger partial charge on any atom is 0.347 e. The van der Waals surface area contributed by atoms with Gasteiger partial charge >= 0.3 is 5.97 Å². The molecule has 1 aromatic rings. The maximum atomic E-state index is 11.3. The summed E-state index contributed by atoms with van der Waals surface area (Å²) in [6, 6.07) is 0. The Morgan fingerprint density at radius 3 is 2.73 bits per heavy atom. The minimum atomic E-state index is -1.03. The Morgan fingerprint density at radius 2 is 2.27 bits per heavy atom. The van der Waals surface area contributed by atoms with Gasteiger partial charge in [0, 0.05) is 6.42 Å². The van der Waals surface area contributed by atoms with Crippen LogP contribution in [0.15, 0.2) is 6.20 Å². The Morgan fingerprint density at radius 1 is 1.60 bits per heavy atom. The third-order valence-corrected chi connectivity index (χ3v) is 2.46. The fraction of sp³-hybridized carbons (Fsp3) is 0.444. The summed E-state index contributed by atoms with van der Waals surface area (Å²) in [5.74, 6) is -0.906. The number of carboxylic acids is 1. The van der Waals surface area contributed by atoms with Crippen molar-refractivity contribution < 1.29 is 14.7 Å². The molecular weight excluding hydrogens is 216 g/mol. The number of rotatable bonds is 4. The Hall–Kier alpha value is -1.43. The zero-order valence-electron chi connectivity index (χ0n) is 8.48. The molecule has 1 amide bonds. The van der Waals surface area contributed by atoms with Crippen LogP contribution in [-0.2, 0) is 4.79 Å². The number of hydrogen-bond acceptors (Lipinski definition) is 4. The zero-order chi connectivity index (χ0) is 11.4. The van der Waals surface area contributed by atoms with E-state index < -0.39 is 5.97 Å². The number of carboxylic acid groups (broad SMARTS) is 1. The Balaban J connectivity index is 2.57. The van der Waals surface area contributed by atoms with E-state index in [1.54, 1.807) is 0 Å². The molecule has 82 valence electrons. The van der Waals surface area contributed by atoms with Crippen LogP contribution in [0, 0.1) is 5.92 Å². The van der Waals surface area contributed by atoms with E-state index in [-0.39, 0.29) is 16.7 Å². The molecule has 1 heterocycles. The van der Waals surface area contributed by atoms with Crippen LogP contribution in [0.1, 0.15) is 29.9 Å². The number of carbonyl (C=O) groups is 2. The molecule has 2 N–H and O–H groups in total. The number of anilines is 1. The van der Waals surface area contributed by atoms with Crippen molar-refractivity contribution >= 4 is 28.3 Å². The Bertz CT molecular complexity index is 373. The molecule has 0 saturated heterocycles. The van der Waals surface area contributed by atoms with Crippen LogP contribution in [0.25, 0.3) is 0 Å². The molecule has 0 aliphatic rings. The summed E-state index contributed by atoms with van der Waals surface area (Å²) < 4.78 is 0. The van der Waals surface area contributed by atoms with Crippen LogP contribution >= 0.6 is 11.3 Å². The fourth-order valence-electron chi connectivity index (χ4n) is 0.972. The standard InChI is InChI=1S/C9H12N2O3S/c1-5(2)3-7(12)11-9-10-4-6(15-9)8(13)14/h4-5H,3H2,1-2H3,(H,13,14)(H,10,11,12). The molecule has 0 atom stereocenters. The second-order valence-corrected chi connectivity index (χ2v) is 4.51. The Kier molecular flexibility index (Phi) is 3.79. The van der Waals surface area contributed by atoms with Crippen LogP contribution in [0.2, 0.25) is 0 Å². The van der Waals surface area contributed by atoms with E-state index >= 15 is 0 Å². The summed E-state index contributed by atoms with van der Waals surface area (Å²) in [7, 11) is 0. The Labute approximate surface area is 91.1 Å². The summed E-state index contributed by atoms with van der Waals surface area (Å²) in [6.07, 6.45) is 1.64. The first kappa shape index (κ1) is 11.6. The normalized spacial score (nSPS) is 10.3. The van der Waals surface area contributed by atoms with Crippen LogP contribution in [0.5, 0.6) is 0 Å². The second kappa shape index (κ2) is 4.88. The number of amides is 1. The van der Waals surface area contributed by atoms with Gasteiger partial charge in [-0.2, -0.15) is 0 Å². The molecule has 1 rings (SSSR count). The topological polar surface area (TPSA) is 79.3 Å². The summed E-state index contributed by atoms with van der Waals surface area (Å²) >= 11 is 0.954. The highest BCUT2D eigenvalue weighted by molar-refractivity contribution is 7.17. The minimum absolute atomic E-state index is 0.120. The first-order valence-electron chi connectivity index (χ1n) is 4.48. The van der Waals surface area contributed by atoms with Crippen LogP contribution in [-0.4, -0.2) is 22.0 Å². The number of hydrogen-bond donors (Lipinski definition) is 2. The van der Waals surface area contributed by atoms with Crippen LogP contribution in [0.4, 0.5) is 5.13 Å². The number of thiazole rings is 1. The van der Waals surface area contributed by atoms with Gasteiger partial charge in [0.2, 0.25) is 5.91 Å². The van der Waals surface area contributed by atoms with Gasteiger partial charge in [-0.05, 0) is 5.92 Å². The number of aromatic nitrogens is 1. The molecule has 5 nitrogen and oxygen atoms in total. The van der Waals surface area contributed by atoms with Gasteiger partial charge < -0.3 is 10.4 Å². The van der Waals surface area contributed by atoms with Crippen molar-refractivity contribution in [1.29, 1.82) is 0 Å². The summed E-state index contributed by atoms with van der Waals surface area (Å²) in [4.78, 5) is 25.8. The van der Waals surface area contributed by atoms with Crippen LogP contribution < -0.4 is 5.32 Å². The van der Waals surface area contributed by atoms with Gasteiger partial charge in [0.1, 0.15) is 4.88 Å². The molecule has 0 bridgehead atoms. The van der Waals surface area contributed by atoms with E-state index in [9.17, 15) is 9.59 Å². The lowest BCUT2D eigenvalue weighted by molar-refractivity contribution is -0.116. The molecule has 0 spiro atoms. The predicted molar refractivity (Wildman–Crippen MR) is 57.2 cm³/mol. The number of nitrogens with one attached hydrogen (secondary N) is 1. The molecule has 0 unspecified atom stereocenters. The average Bonchev–Trinajstić information content (AvgIpc) is 2.50. The molecule has 1 aromatic heterocycles. The van der Waals surface area contributed by atoms with Gasteiger partial charge in [-0.1, -0.05) is 25.2 Å². The van der Waals surface area contributed by atoms with Gasteiger partial charge in [0.25, 0.3) is 0 Å². The van der Waals surface area contributed by atoms with Crippen molar-refractivity contribution in [2.45, 2.75) is 20.3 Å². The van der Waals surface area contributed by atoms with Crippen molar-refractivity contribution in [2.24, 2.45) is 5.92 Å². The summed E-state index contributed by atoms with van der Waals surface area (Å²) in [5.41, 5.74) is 0. The predicted octanol–water partition coefficient (Wildman–Crippen LogP) is 1.83. The minimum Gasteiger partial charge on any atom is -0.477 e. The van der Waals surface area contributed by atoms with Crippen molar-refractivity contribution in [1.82, 2.24) is 4.98 Å². The van der Waals surface area contributed by atoms with E-state index in [0.717, 1.165) is 11.3 Å². The van der Waals surface area contributed by atoms with E-state index in [2.05, 4.69) is 10.3 Å². The summed E-state index contributed by atoms with van der Waals surface area (Å²) in [6.45, 7) is 3.87. The second-order valence-electron chi connectivity index (χ2n) is 3.48. The van der Waals surface area contributed by atoms with E-state index in [0.29, 0.717) is 11.6 Å². The molecule has 15 heavy (non-hydrogen) atoms. The molecule has 0 aliphatic carbocycles. The lowest BCUT2D eigenvalue weighted by Crippen LogP contribution is -2.13. The molecule has 0 saturated carbocycles. The van der Waals surface area contributed by atoms with Crippen molar-refractivity contribution in [3.8, 4) is 0 Å². The molecule has 0 aromatic carbocycles. The maximum absolute atomic E-state index is 11.3. The number of nitrogens with zero attached hydrogens (tertiary/aromatic N) is 1. The van der Waals surface area contributed by atoms with Gasteiger partial charge in [-0.15, -0.1) is 0 Å². The highest BCUT2D eigenvalue weighted by Gasteiger charge is 2.11. The lowest BCUT2D eigenvalue weighted by Gasteiger charge is -2.03. The average molecular weight is 228 g/mol. The van der Waals surface area contributed by atoms with Crippen LogP contribution in [0.3, 0.4) is 0 Å². The first-order valence-corrected chi connectivity index (χ1v) is 5.29. The van der Waals surface area contributed by atoms with E-state index in [4.69, 9.17) is 5.11 Å². The SMILES string of the molecule is CC(C)CC(=O)Nc1ncc(C(=O)O)s1. The van der Waals surface area contributed by atoms with E-state index in [1.807, 2.05) is 13.8 Å². The van der Waals surface area contributed by atoms with E-state index in [1.165, 1.54) is 6.20 Å². The number of aromatic carboxylic acids is 1. The van der Waals surface area contributed by atoms with Gasteiger partial charge in [0.05, 0.1) is 6.20 Å². The summed E-state index contributed by atoms with van der Waals surface area (Å²) in [5, 5.41) is 11.5. The molecule has 0 radical (unpaired) electrons. The zero-order valence-corrected chi connectivity index (χ0v) is 9.30.